The van der Waals surface area contributed by atoms with Gasteiger partial charge in [0.15, 0.2) is 9.84 Å². The van der Waals surface area contributed by atoms with Crippen molar-refractivity contribution >= 4 is 21.7 Å². The van der Waals surface area contributed by atoms with Crippen LogP contribution in [0.25, 0.3) is 0 Å². The van der Waals surface area contributed by atoms with Crippen molar-refractivity contribution in [3.8, 4) is 0 Å². The number of carbonyl (C=O) groups is 2. The topological polar surface area (TPSA) is 110 Å². The highest BCUT2D eigenvalue weighted by atomic mass is 32.2. The molecule has 0 unspecified atom stereocenters. The van der Waals surface area contributed by atoms with Crippen molar-refractivity contribution < 1.29 is 18.0 Å². The van der Waals surface area contributed by atoms with E-state index in [1.807, 2.05) is 0 Å². The van der Waals surface area contributed by atoms with E-state index in [9.17, 15) is 18.0 Å². The highest BCUT2D eigenvalue weighted by Gasteiger charge is 2.25. The Morgan fingerprint density at radius 3 is 2.47 bits per heavy atom. The third-order valence-electron chi connectivity index (χ3n) is 2.17. The summed E-state index contributed by atoms with van der Waals surface area (Å²) in [7, 11) is -3.07. The second-order valence-electron chi connectivity index (χ2n) is 3.27. The lowest BCUT2D eigenvalue weighted by Crippen LogP contribution is -2.46. The zero-order chi connectivity index (χ0) is 11.5. The number of rotatable bonds is 0. The van der Waals surface area contributed by atoms with Gasteiger partial charge in [0.25, 0.3) is 0 Å². The molecule has 86 valence electrons. The third-order valence-corrected chi connectivity index (χ3v) is 3.88. The van der Waals surface area contributed by atoms with Crippen LogP contribution >= 0.6 is 0 Å². The van der Waals surface area contributed by atoms with Crippen LogP contribution in [0.3, 0.4) is 0 Å². The lowest BCUT2D eigenvalue weighted by atomic mass is 10.4. The SMILES string of the molecule is NNC(=O)C(=O)N1CCCS(=O)(=O)CC1. The summed E-state index contributed by atoms with van der Waals surface area (Å²) in [6.45, 7) is 0.320. The predicted molar refractivity (Wildman–Crippen MR) is 52.2 cm³/mol. The number of carbonyl (C=O) groups excluding carboxylic acids is 2. The van der Waals surface area contributed by atoms with E-state index < -0.39 is 21.7 Å². The van der Waals surface area contributed by atoms with E-state index >= 15 is 0 Å². The van der Waals surface area contributed by atoms with Gasteiger partial charge in [-0.15, -0.1) is 0 Å². The molecule has 1 saturated heterocycles. The van der Waals surface area contributed by atoms with Gasteiger partial charge in [-0.25, -0.2) is 14.3 Å². The molecule has 0 aromatic rings. The zero-order valence-corrected chi connectivity index (χ0v) is 8.92. The molecule has 0 atom stereocenters. The average Bonchev–Trinajstić information content (AvgIpc) is 2.37. The van der Waals surface area contributed by atoms with Gasteiger partial charge in [0.1, 0.15) is 0 Å². The molecule has 0 aromatic heterocycles. The Hall–Kier alpha value is -1.15. The molecule has 0 bridgehead atoms. The van der Waals surface area contributed by atoms with Crippen molar-refractivity contribution in [3.63, 3.8) is 0 Å². The summed E-state index contributed by atoms with van der Waals surface area (Å²) in [6, 6.07) is 0. The molecule has 1 rings (SSSR count). The second kappa shape index (κ2) is 4.58. The first-order valence-corrected chi connectivity index (χ1v) is 6.29. The van der Waals surface area contributed by atoms with Crippen LogP contribution in [-0.4, -0.2) is 49.7 Å². The molecule has 1 fully saturated rings. The van der Waals surface area contributed by atoms with Crippen molar-refractivity contribution in [2.75, 3.05) is 24.6 Å². The minimum Gasteiger partial charge on any atom is -0.333 e. The van der Waals surface area contributed by atoms with Crippen LogP contribution in [0.4, 0.5) is 0 Å². The second-order valence-corrected chi connectivity index (χ2v) is 5.57. The van der Waals surface area contributed by atoms with Gasteiger partial charge in [0.05, 0.1) is 11.5 Å². The van der Waals surface area contributed by atoms with Crippen LogP contribution in [0.15, 0.2) is 0 Å². The maximum atomic E-state index is 11.3. The summed E-state index contributed by atoms with van der Waals surface area (Å²) in [5.41, 5.74) is 1.72. The molecule has 15 heavy (non-hydrogen) atoms. The number of sulfone groups is 1. The van der Waals surface area contributed by atoms with Gasteiger partial charge >= 0.3 is 11.8 Å². The molecule has 1 aliphatic rings. The fourth-order valence-electron chi connectivity index (χ4n) is 1.35. The molecule has 7 nitrogen and oxygen atoms in total. The summed E-state index contributed by atoms with van der Waals surface area (Å²) < 4.78 is 22.4. The molecular weight excluding hydrogens is 222 g/mol. The molecule has 3 N–H and O–H groups in total. The normalized spacial score (nSPS) is 20.5. The number of hydrogen-bond acceptors (Lipinski definition) is 5. The average molecular weight is 235 g/mol. The van der Waals surface area contributed by atoms with Gasteiger partial charge in [0.2, 0.25) is 0 Å². The van der Waals surface area contributed by atoms with E-state index in [2.05, 4.69) is 0 Å². The van der Waals surface area contributed by atoms with E-state index in [0.29, 0.717) is 6.42 Å². The zero-order valence-electron chi connectivity index (χ0n) is 8.10. The van der Waals surface area contributed by atoms with Gasteiger partial charge in [-0.1, -0.05) is 0 Å². The lowest BCUT2D eigenvalue weighted by molar-refractivity contribution is -0.145. The summed E-state index contributed by atoms with van der Waals surface area (Å²) in [5.74, 6) is 3.06. The predicted octanol–water partition coefficient (Wildman–Crippen LogP) is -2.38. The van der Waals surface area contributed by atoms with Crippen molar-refractivity contribution in [1.82, 2.24) is 10.3 Å². The molecule has 2 amide bonds. The Bertz CT molecular complexity index is 364. The minimum atomic E-state index is -3.07. The number of amides is 2. The Kier molecular flexibility index (Phi) is 3.64. The van der Waals surface area contributed by atoms with Crippen LogP contribution in [0.5, 0.6) is 0 Å². The van der Waals surface area contributed by atoms with Crippen LogP contribution in [-0.2, 0) is 19.4 Å². The largest absolute Gasteiger partial charge is 0.333 e. The van der Waals surface area contributed by atoms with E-state index in [-0.39, 0.29) is 24.6 Å². The Morgan fingerprint density at radius 2 is 1.87 bits per heavy atom. The number of hydrazine groups is 1. The number of nitrogens with two attached hydrogens (primary N) is 1. The first kappa shape index (κ1) is 11.9. The Labute approximate surface area is 87.5 Å². The molecule has 0 aliphatic carbocycles. The van der Waals surface area contributed by atoms with Crippen molar-refractivity contribution in [2.45, 2.75) is 6.42 Å². The van der Waals surface area contributed by atoms with Gasteiger partial charge in [-0.2, -0.15) is 0 Å². The first-order chi connectivity index (χ1) is 6.96. The molecule has 0 saturated carbocycles. The lowest BCUT2D eigenvalue weighted by Gasteiger charge is -2.17. The monoisotopic (exact) mass is 235 g/mol. The van der Waals surface area contributed by atoms with E-state index in [4.69, 9.17) is 5.84 Å². The molecule has 1 aliphatic heterocycles. The van der Waals surface area contributed by atoms with E-state index in [1.54, 1.807) is 5.43 Å². The van der Waals surface area contributed by atoms with Crippen molar-refractivity contribution in [2.24, 2.45) is 5.84 Å². The highest BCUT2D eigenvalue weighted by Crippen LogP contribution is 2.05. The fourth-order valence-corrected chi connectivity index (χ4v) is 2.62. The Balaban J connectivity index is 2.66. The van der Waals surface area contributed by atoms with Gasteiger partial charge < -0.3 is 4.90 Å². The molecule has 0 radical (unpaired) electrons. The van der Waals surface area contributed by atoms with E-state index in [1.165, 1.54) is 4.90 Å². The van der Waals surface area contributed by atoms with Crippen LogP contribution < -0.4 is 11.3 Å². The molecular formula is C7H13N3O4S. The van der Waals surface area contributed by atoms with Crippen molar-refractivity contribution in [3.05, 3.63) is 0 Å². The summed E-state index contributed by atoms with van der Waals surface area (Å²) in [4.78, 5) is 23.4. The van der Waals surface area contributed by atoms with Gasteiger partial charge in [-0.3, -0.25) is 15.0 Å². The van der Waals surface area contributed by atoms with Crippen molar-refractivity contribution in [1.29, 1.82) is 0 Å². The van der Waals surface area contributed by atoms with Gasteiger partial charge in [0, 0.05) is 13.1 Å². The molecule has 8 heteroatoms. The Morgan fingerprint density at radius 1 is 1.20 bits per heavy atom. The molecule has 0 spiro atoms. The standard InChI is InChI=1S/C7H13N3O4S/c8-9-6(11)7(12)10-2-1-4-15(13,14)5-3-10/h1-5,8H2,(H,9,11). The maximum Gasteiger partial charge on any atom is 0.323 e. The van der Waals surface area contributed by atoms with E-state index in [0.717, 1.165) is 0 Å². The first-order valence-electron chi connectivity index (χ1n) is 4.46. The maximum absolute atomic E-state index is 11.3. The summed E-state index contributed by atoms with van der Waals surface area (Å²) in [6.07, 6.45) is 0.353. The van der Waals surface area contributed by atoms with Crippen LogP contribution in [0.2, 0.25) is 0 Å². The fraction of sp³-hybridized carbons (Fsp3) is 0.714. The summed E-state index contributed by atoms with van der Waals surface area (Å²) >= 11 is 0. The van der Waals surface area contributed by atoms with Crippen LogP contribution in [0, 0.1) is 0 Å². The number of nitrogens with one attached hydrogen (secondary N) is 1. The number of hydrogen-bond donors (Lipinski definition) is 2. The highest BCUT2D eigenvalue weighted by molar-refractivity contribution is 7.91. The van der Waals surface area contributed by atoms with Gasteiger partial charge in [-0.05, 0) is 6.42 Å². The molecule has 0 aromatic carbocycles. The minimum absolute atomic E-state index is 0.0502. The number of nitrogens with zero attached hydrogens (tertiary/aromatic N) is 1. The smallest absolute Gasteiger partial charge is 0.323 e. The third kappa shape index (κ3) is 3.17. The summed E-state index contributed by atoms with van der Waals surface area (Å²) in [5, 5.41) is 0. The van der Waals surface area contributed by atoms with Crippen LogP contribution in [0.1, 0.15) is 6.42 Å². The quantitative estimate of drug-likeness (QED) is 0.211. The molecule has 1 heterocycles.